The summed E-state index contributed by atoms with van der Waals surface area (Å²) < 4.78 is 52.5. The summed E-state index contributed by atoms with van der Waals surface area (Å²) >= 11 is 0. The maximum Gasteiger partial charge on any atom is 0.434 e. The molecule has 0 unspecified atom stereocenters. The molecule has 2 saturated carbocycles. The van der Waals surface area contributed by atoms with Gasteiger partial charge >= 0.3 is 6.18 Å². The number of halogens is 3. The van der Waals surface area contributed by atoms with Gasteiger partial charge in [-0.3, -0.25) is 9.97 Å². The number of hydrogen-bond donors (Lipinski definition) is 0. The lowest BCUT2D eigenvalue weighted by Crippen LogP contribution is -2.62. The van der Waals surface area contributed by atoms with Gasteiger partial charge < -0.3 is 14.2 Å². The molecule has 1 saturated heterocycles. The van der Waals surface area contributed by atoms with Crippen molar-refractivity contribution in [1.82, 2.24) is 15.1 Å². The molecule has 3 fully saturated rings. The molecule has 0 bridgehead atoms. The number of rotatable bonds is 7. The number of hydrogen-bond acceptors (Lipinski definition) is 6. The van der Waals surface area contributed by atoms with Gasteiger partial charge in [0.25, 0.3) is 0 Å². The van der Waals surface area contributed by atoms with Gasteiger partial charge in [-0.2, -0.15) is 13.2 Å². The summed E-state index contributed by atoms with van der Waals surface area (Å²) in [6.07, 6.45) is 6.48. The van der Waals surface area contributed by atoms with Crippen molar-refractivity contribution in [3.8, 4) is 17.0 Å². The van der Waals surface area contributed by atoms with Crippen LogP contribution < -0.4 is 9.64 Å². The Morgan fingerprint density at radius 2 is 1.93 bits per heavy atom. The van der Waals surface area contributed by atoms with E-state index in [1.54, 1.807) is 6.20 Å². The van der Waals surface area contributed by atoms with E-state index in [9.17, 15) is 13.2 Å². The Labute approximate surface area is 229 Å². The number of alkyl halides is 3. The van der Waals surface area contributed by atoms with Crippen molar-refractivity contribution in [2.24, 2.45) is 11.3 Å². The van der Waals surface area contributed by atoms with Crippen molar-refractivity contribution in [2.75, 3.05) is 24.6 Å². The van der Waals surface area contributed by atoms with Crippen molar-refractivity contribution >= 4 is 22.7 Å². The van der Waals surface area contributed by atoms with E-state index in [1.807, 2.05) is 25.1 Å². The first-order valence-corrected chi connectivity index (χ1v) is 13.8. The van der Waals surface area contributed by atoms with E-state index < -0.39 is 11.9 Å². The van der Waals surface area contributed by atoms with Crippen LogP contribution in [0.2, 0.25) is 0 Å². The molecular formula is C31H29F3N4O2. The van der Waals surface area contributed by atoms with Crippen LogP contribution in [0.3, 0.4) is 0 Å². The standard InChI is InChI=1S/C31H29F3N4O2/c1-2-39-26-11-13-35-25-10-8-21(14-24(25)26)38-17-30(18-38)15-19(16-30)5-9-22-27(37-40-28(22)20-6-7-20)23-4-3-12-36-29(23)31(32,33)34/h3-5,8-14,19-20H,2,6-7,15-18H2,1H3/b9-5+. The van der Waals surface area contributed by atoms with E-state index in [0.29, 0.717) is 23.8 Å². The van der Waals surface area contributed by atoms with Crippen LogP contribution in [0.4, 0.5) is 18.9 Å². The summed E-state index contributed by atoms with van der Waals surface area (Å²) in [5.41, 5.74) is 2.29. The SMILES string of the molecule is CCOc1ccnc2ccc(N3CC4(CC(/C=C/c5c(-c6cccnc6C(F)(F)F)noc5C5CC5)C4)C3)cc12. The molecule has 0 amide bonds. The smallest absolute Gasteiger partial charge is 0.434 e. The Bertz CT molecular complexity index is 1590. The van der Waals surface area contributed by atoms with Crippen LogP contribution in [-0.2, 0) is 6.18 Å². The van der Waals surface area contributed by atoms with Crippen molar-refractivity contribution in [2.45, 2.75) is 44.7 Å². The van der Waals surface area contributed by atoms with Crippen LogP contribution in [0.1, 0.15) is 55.5 Å². The Kier molecular flexibility index (Phi) is 5.87. The average Bonchev–Trinajstić information content (AvgIpc) is 3.66. The normalized spacial score (nSPS) is 18.9. The second-order valence-corrected chi connectivity index (χ2v) is 11.3. The lowest BCUT2D eigenvalue weighted by atomic mass is 9.57. The molecule has 0 N–H and O–H groups in total. The molecule has 7 rings (SSSR count). The van der Waals surface area contributed by atoms with E-state index in [0.717, 1.165) is 61.6 Å². The Hall–Kier alpha value is -3.88. The highest BCUT2D eigenvalue weighted by atomic mass is 19.4. The zero-order valence-electron chi connectivity index (χ0n) is 22.1. The number of fused-ring (bicyclic) bond motifs is 1. The third-order valence-corrected chi connectivity index (χ3v) is 8.36. The van der Waals surface area contributed by atoms with Crippen molar-refractivity contribution in [1.29, 1.82) is 0 Å². The summed E-state index contributed by atoms with van der Waals surface area (Å²) in [7, 11) is 0. The first-order valence-electron chi connectivity index (χ1n) is 13.8. The molecule has 1 spiro atoms. The summed E-state index contributed by atoms with van der Waals surface area (Å²) in [4.78, 5) is 10.5. The molecule has 6 nitrogen and oxygen atoms in total. The largest absolute Gasteiger partial charge is 0.493 e. The van der Waals surface area contributed by atoms with Crippen LogP contribution in [0.5, 0.6) is 5.75 Å². The highest BCUT2D eigenvalue weighted by molar-refractivity contribution is 5.88. The van der Waals surface area contributed by atoms with Gasteiger partial charge in [-0.05, 0) is 74.9 Å². The maximum atomic E-state index is 13.7. The van der Waals surface area contributed by atoms with Gasteiger partial charge in [-0.25, -0.2) is 0 Å². The molecule has 0 radical (unpaired) electrons. The number of nitrogens with zero attached hydrogens (tertiary/aromatic N) is 4. The Balaban J connectivity index is 1.06. The molecule has 3 aromatic heterocycles. The van der Waals surface area contributed by atoms with E-state index in [4.69, 9.17) is 9.26 Å². The molecule has 9 heteroatoms. The molecule has 0 atom stereocenters. The van der Waals surface area contributed by atoms with Gasteiger partial charge in [0.2, 0.25) is 0 Å². The monoisotopic (exact) mass is 546 g/mol. The number of benzene rings is 1. The zero-order chi connectivity index (χ0) is 27.5. The minimum absolute atomic E-state index is 0.0388. The van der Waals surface area contributed by atoms with Crippen molar-refractivity contribution in [3.63, 3.8) is 0 Å². The Morgan fingerprint density at radius 1 is 1.10 bits per heavy atom. The lowest BCUT2D eigenvalue weighted by Gasteiger charge is -2.59. The predicted molar refractivity (Wildman–Crippen MR) is 146 cm³/mol. The summed E-state index contributed by atoms with van der Waals surface area (Å²) in [6, 6.07) is 11.2. The predicted octanol–water partition coefficient (Wildman–Crippen LogP) is 7.51. The summed E-state index contributed by atoms with van der Waals surface area (Å²) in [5.74, 6) is 2.13. The fraction of sp³-hybridized carbons (Fsp3) is 0.387. The van der Waals surface area contributed by atoms with Gasteiger partial charge in [0.1, 0.15) is 17.2 Å². The van der Waals surface area contributed by atoms with Crippen molar-refractivity contribution < 1.29 is 22.4 Å². The molecular weight excluding hydrogens is 517 g/mol. The first kappa shape index (κ1) is 25.1. The van der Waals surface area contributed by atoms with Gasteiger partial charge in [0, 0.05) is 59.0 Å². The molecule has 1 aromatic carbocycles. The number of ether oxygens (including phenoxy) is 1. The van der Waals surface area contributed by atoms with Crippen LogP contribution >= 0.6 is 0 Å². The fourth-order valence-corrected chi connectivity index (χ4v) is 6.34. The van der Waals surface area contributed by atoms with Gasteiger partial charge in [0.15, 0.2) is 5.69 Å². The van der Waals surface area contributed by atoms with Gasteiger partial charge in [0.05, 0.1) is 12.1 Å². The minimum atomic E-state index is -4.57. The van der Waals surface area contributed by atoms with Crippen LogP contribution in [-0.4, -0.2) is 34.8 Å². The average molecular weight is 547 g/mol. The van der Waals surface area contributed by atoms with E-state index in [-0.39, 0.29) is 22.6 Å². The topological polar surface area (TPSA) is 64.3 Å². The van der Waals surface area contributed by atoms with Crippen molar-refractivity contribution in [3.05, 3.63) is 71.9 Å². The highest BCUT2D eigenvalue weighted by Crippen LogP contribution is 2.54. The molecule has 1 aliphatic heterocycles. The van der Waals surface area contributed by atoms with E-state index in [1.165, 1.54) is 17.8 Å². The fourth-order valence-electron chi connectivity index (χ4n) is 6.34. The summed E-state index contributed by atoms with van der Waals surface area (Å²) in [6.45, 7) is 4.56. The van der Waals surface area contributed by atoms with E-state index >= 15 is 0 Å². The number of pyridine rings is 2. The van der Waals surface area contributed by atoms with Gasteiger partial charge in [-0.15, -0.1) is 0 Å². The van der Waals surface area contributed by atoms with Crippen LogP contribution in [0.25, 0.3) is 28.2 Å². The first-order chi connectivity index (χ1) is 19.3. The van der Waals surface area contributed by atoms with Crippen LogP contribution in [0.15, 0.2) is 59.4 Å². The van der Waals surface area contributed by atoms with E-state index in [2.05, 4.69) is 38.2 Å². The lowest BCUT2D eigenvalue weighted by molar-refractivity contribution is -0.140. The minimum Gasteiger partial charge on any atom is -0.493 e. The maximum absolute atomic E-state index is 13.7. The van der Waals surface area contributed by atoms with Gasteiger partial charge in [-0.1, -0.05) is 17.3 Å². The number of aromatic nitrogens is 3. The number of allylic oxidation sites excluding steroid dienone is 1. The molecule has 4 heterocycles. The zero-order valence-corrected chi connectivity index (χ0v) is 22.1. The summed E-state index contributed by atoms with van der Waals surface area (Å²) in [5, 5.41) is 5.12. The third-order valence-electron chi connectivity index (χ3n) is 8.36. The second-order valence-electron chi connectivity index (χ2n) is 11.3. The molecule has 2 aliphatic carbocycles. The molecule has 206 valence electrons. The number of anilines is 1. The molecule has 3 aliphatic rings. The molecule has 40 heavy (non-hydrogen) atoms. The third kappa shape index (κ3) is 4.41. The highest BCUT2D eigenvalue weighted by Gasteiger charge is 2.51. The van der Waals surface area contributed by atoms with Crippen LogP contribution in [0, 0.1) is 11.3 Å². The molecule has 4 aromatic rings. The quantitative estimate of drug-likeness (QED) is 0.239. The Morgan fingerprint density at radius 3 is 2.67 bits per heavy atom. The second kappa shape index (κ2) is 9.35.